The second kappa shape index (κ2) is 4.98. The fourth-order valence-corrected chi connectivity index (χ4v) is 3.19. The Morgan fingerprint density at radius 1 is 1.24 bits per heavy atom. The number of aromatic nitrogens is 2. The largest absolute Gasteiger partial charge is 0.398 e. The Kier molecular flexibility index (Phi) is 3.10. The fraction of sp³-hybridized carbons (Fsp3) is 0.429. The van der Waals surface area contributed by atoms with E-state index in [1.807, 2.05) is 6.07 Å². The van der Waals surface area contributed by atoms with Crippen LogP contribution in [-0.2, 0) is 0 Å². The first-order chi connectivity index (χ1) is 10.2. The molecule has 0 radical (unpaired) electrons. The molecule has 0 aliphatic carbocycles. The molecular weight excluding hydrogens is 290 g/mol. The van der Waals surface area contributed by atoms with Crippen molar-refractivity contribution < 1.29 is 4.52 Å². The number of piperazine rings is 3. The minimum Gasteiger partial charge on any atom is -0.398 e. The molecule has 0 saturated carbocycles. The van der Waals surface area contributed by atoms with Gasteiger partial charge in [-0.3, -0.25) is 9.80 Å². The summed E-state index contributed by atoms with van der Waals surface area (Å²) in [6, 6.07) is 5.58. The molecule has 3 aliphatic rings. The van der Waals surface area contributed by atoms with Crippen LogP contribution in [0.4, 0.5) is 5.69 Å². The zero-order chi connectivity index (χ0) is 14.4. The van der Waals surface area contributed by atoms with E-state index in [2.05, 4.69) is 19.9 Å². The van der Waals surface area contributed by atoms with E-state index >= 15 is 0 Å². The lowest BCUT2D eigenvalue weighted by Crippen LogP contribution is -2.57. The average molecular weight is 306 g/mol. The van der Waals surface area contributed by atoms with Gasteiger partial charge in [-0.2, -0.15) is 4.98 Å². The van der Waals surface area contributed by atoms with Gasteiger partial charge in [-0.15, -0.1) is 0 Å². The SMILES string of the molecule is Nc1ccc(-c2nc(C3CN4CCN3CC4)no2)cc1Cl. The number of benzene rings is 1. The molecule has 2 bridgehead atoms. The molecule has 0 amide bonds. The fourth-order valence-electron chi connectivity index (χ4n) is 3.01. The molecular formula is C14H16ClN5O. The smallest absolute Gasteiger partial charge is 0.258 e. The van der Waals surface area contributed by atoms with E-state index in [0.29, 0.717) is 16.6 Å². The van der Waals surface area contributed by atoms with Crippen LogP contribution in [0.3, 0.4) is 0 Å². The average Bonchev–Trinajstić information content (AvgIpc) is 3.01. The van der Waals surface area contributed by atoms with Gasteiger partial charge in [0.05, 0.1) is 16.8 Å². The molecule has 21 heavy (non-hydrogen) atoms. The number of halogens is 1. The van der Waals surface area contributed by atoms with Crippen LogP contribution in [0.1, 0.15) is 11.9 Å². The molecule has 6 nitrogen and oxygen atoms in total. The third-order valence-corrected chi connectivity index (χ3v) is 4.59. The lowest BCUT2D eigenvalue weighted by molar-refractivity contribution is 0.00781. The number of fused-ring (bicyclic) bond motifs is 3. The Labute approximate surface area is 127 Å². The van der Waals surface area contributed by atoms with E-state index in [-0.39, 0.29) is 6.04 Å². The maximum atomic E-state index is 6.04. The predicted octanol–water partition coefficient (Wildman–Crippen LogP) is 1.64. The summed E-state index contributed by atoms with van der Waals surface area (Å²) >= 11 is 6.04. The maximum Gasteiger partial charge on any atom is 0.258 e. The van der Waals surface area contributed by atoms with Gasteiger partial charge in [0.2, 0.25) is 0 Å². The summed E-state index contributed by atoms with van der Waals surface area (Å²) in [4.78, 5) is 9.41. The zero-order valence-corrected chi connectivity index (χ0v) is 12.3. The summed E-state index contributed by atoms with van der Waals surface area (Å²) < 4.78 is 5.40. The predicted molar refractivity (Wildman–Crippen MR) is 79.9 cm³/mol. The van der Waals surface area contributed by atoms with Crippen LogP contribution in [0.15, 0.2) is 22.7 Å². The van der Waals surface area contributed by atoms with Gasteiger partial charge in [-0.05, 0) is 18.2 Å². The van der Waals surface area contributed by atoms with Crippen LogP contribution in [-0.4, -0.2) is 52.7 Å². The van der Waals surface area contributed by atoms with E-state index in [1.165, 1.54) is 0 Å². The van der Waals surface area contributed by atoms with Crippen molar-refractivity contribution in [1.82, 2.24) is 19.9 Å². The Morgan fingerprint density at radius 2 is 2.05 bits per heavy atom. The summed E-state index contributed by atoms with van der Waals surface area (Å²) in [7, 11) is 0. The Bertz CT molecular complexity index is 665. The number of rotatable bonds is 2. The highest BCUT2D eigenvalue weighted by Crippen LogP contribution is 2.30. The molecule has 3 saturated heterocycles. The summed E-state index contributed by atoms with van der Waals surface area (Å²) in [5.41, 5.74) is 7.06. The topological polar surface area (TPSA) is 71.4 Å². The molecule has 110 valence electrons. The number of hydrogen-bond donors (Lipinski definition) is 1. The minimum atomic E-state index is 0.231. The molecule has 2 aromatic rings. The first-order valence-corrected chi connectivity index (χ1v) is 7.44. The normalized spacial score (nSPS) is 28.0. The summed E-state index contributed by atoms with van der Waals surface area (Å²) in [5.74, 6) is 1.24. The second-order valence-corrected chi connectivity index (χ2v) is 5.95. The third kappa shape index (κ3) is 2.29. The van der Waals surface area contributed by atoms with Crippen molar-refractivity contribution in [3.63, 3.8) is 0 Å². The maximum absolute atomic E-state index is 6.04. The van der Waals surface area contributed by atoms with E-state index in [9.17, 15) is 0 Å². The highest BCUT2D eigenvalue weighted by molar-refractivity contribution is 6.33. The van der Waals surface area contributed by atoms with Crippen LogP contribution in [0.25, 0.3) is 11.5 Å². The monoisotopic (exact) mass is 305 g/mol. The van der Waals surface area contributed by atoms with E-state index < -0.39 is 0 Å². The van der Waals surface area contributed by atoms with Gasteiger partial charge >= 0.3 is 0 Å². The van der Waals surface area contributed by atoms with Crippen LogP contribution in [0, 0.1) is 0 Å². The highest BCUT2D eigenvalue weighted by Gasteiger charge is 2.35. The molecule has 1 aromatic heterocycles. The van der Waals surface area contributed by atoms with Crippen molar-refractivity contribution in [2.45, 2.75) is 6.04 Å². The van der Waals surface area contributed by atoms with Crippen molar-refractivity contribution in [2.75, 3.05) is 38.5 Å². The van der Waals surface area contributed by atoms with Gasteiger partial charge in [0, 0.05) is 38.3 Å². The molecule has 3 fully saturated rings. The van der Waals surface area contributed by atoms with Crippen LogP contribution >= 0.6 is 11.6 Å². The van der Waals surface area contributed by atoms with Crippen LogP contribution < -0.4 is 5.73 Å². The zero-order valence-electron chi connectivity index (χ0n) is 11.5. The molecule has 0 spiro atoms. The quantitative estimate of drug-likeness (QED) is 0.851. The third-order valence-electron chi connectivity index (χ3n) is 4.27. The van der Waals surface area contributed by atoms with Gasteiger partial charge in [0.25, 0.3) is 5.89 Å². The molecule has 1 aromatic carbocycles. The van der Waals surface area contributed by atoms with Gasteiger partial charge in [-0.25, -0.2) is 0 Å². The molecule has 1 unspecified atom stereocenters. The number of hydrogen-bond acceptors (Lipinski definition) is 6. The van der Waals surface area contributed by atoms with Crippen molar-refractivity contribution >= 4 is 17.3 Å². The molecule has 4 heterocycles. The highest BCUT2D eigenvalue weighted by atomic mass is 35.5. The standard InChI is InChI=1S/C14H16ClN5O/c15-10-7-9(1-2-11(10)16)14-17-13(18-21-14)12-8-19-3-5-20(12)6-4-19/h1-2,7,12H,3-6,8,16H2. The van der Waals surface area contributed by atoms with Crippen molar-refractivity contribution in [3.05, 3.63) is 29.0 Å². The number of anilines is 1. The Morgan fingerprint density at radius 3 is 2.71 bits per heavy atom. The number of nitrogens with zero attached hydrogens (tertiary/aromatic N) is 4. The second-order valence-electron chi connectivity index (χ2n) is 5.55. The molecule has 3 aliphatic heterocycles. The Hall–Kier alpha value is -1.63. The molecule has 5 rings (SSSR count). The molecule has 7 heteroatoms. The summed E-state index contributed by atoms with van der Waals surface area (Å²) in [6.07, 6.45) is 0. The van der Waals surface area contributed by atoms with E-state index in [4.69, 9.17) is 21.9 Å². The number of nitrogen functional groups attached to an aromatic ring is 1. The van der Waals surface area contributed by atoms with Crippen molar-refractivity contribution in [3.8, 4) is 11.5 Å². The first-order valence-electron chi connectivity index (χ1n) is 7.06. The summed E-state index contributed by atoms with van der Waals surface area (Å²) in [6.45, 7) is 5.38. The van der Waals surface area contributed by atoms with Gasteiger partial charge in [-0.1, -0.05) is 16.8 Å². The van der Waals surface area contributed by atoms with Crippen LogP contribution in [0.5, 0.6) is 0 Å². The van der Waals surface area contributed by atoms with E-state index in [0.717, 1.165) is 44.1 Å². The van der Waals surface area contributed by atoms with Gasteiger partial charge in [0.15, 0.2) is 5.82 Å². The Balaban J connectivity index is 1.62. The molecule has 1 atom stereocenters. The van der Waals surface area contributed by atoms with Crippen molar-refractivity contribution in [1.29, 1.82) is 0 Å². The summed E-state index contributed by atoms with van der Waals surface area (Å²) in [5, 5.41) is 4.66. The number of nitrogens with two attached hydrogens (primary N) is 1. The van der Waals surface area contributed by atoms with Crippen LogP contribution in [0.2, 0.25) is 5.02 Å². The lowest BCUT2D eigenvalue weighted by Gasteiger charge is -2.46. The van der Waals surface area contributed by atoms with Crippen molar-refractivity contribution in [2.24, 2.45) is 0 Å². The first kappa shape index (κ1) is 13.1. The minimum absolute atomic E-state index is 0.231. The lowest BCUT2D eigenvalue weighted by atomic mass is 10.1. The van der Waals surface area contributed by atoms with E-state index in [1.54, 1.807) is 12.1 Å². The molecule has 2 N–H and O–H groups in total. The van der Waals surface area contributed by atoms with Gasteiger partial charge < -0.3 is 10.3 Å². The van der Waals surface area contributed by atoms with Gasteiger partial charge in [0.1, 0.15) is 0 Å².